The fourth-order valence-electron chi connectivity index (χ4n) is 3.98. The van der Waals surface area contributed by atoms with Crippen molar-refractivity contribution in [2.75, 3.05) is 19.6 Å². The van der Waals surface area contributed by atoms with E-state index in [0.717, 1.165) is 53.9 Å². The predicted molar refractivity (Wildman–Crippen MR) is 126 cm³/mol. The normalized spacial score (nSPS) is 15.2. The molecule has 0 atom stereocenters. The van der Waals surface area contributed by atoms with Crippen LogP contribution in [0.15, 0.2) is 36.4 Å². The van der Waals surface area contributed by atoms with Gasteiger partial charge in [-0.1, -0.05) is 37.3 Å². The van der Waals surface area contributed by atoms with Crippen molar-refractivity contribution >= 4 is 41.8 Å². The molecule has 0 saturated carbocycles. The second kappa shape index (κ2) is 9.77. The van der Waals surface area contributed by atoms with E-state index in [-0.39, 0.29) is 36.1 Å². The topological polar surface area (TPSA) is 71.8 Å². The third kappa shape index (κ3) is 4.77. The Kier molecular flexibility index (Phi) is 7.86. The van der Waals surface area contributed by atoms with Gasteiger partial charge in [-0.15, -0.1) is 24.8 Å². The van der Waals surface area contributed by atoms with Crippen LogP contribution in [0.1, 0.15) is 35.8 Å². The molecule has 0 radical (unpaired) electrons. The molecule has 162 valence electrons. The first-order chi connectivity index (χ1) is 13.5. The van der Waals surface area contributed by atoms with Crippen molar-refractivity contribution in [2.24, 2.45) is 12.5 Å². The highest BCUT2D eigenvalue weighted by Gasteiger charge is 2.28. The number of amides is 1. The van der Waals surface area contributed by atoms with Gasteiger partial charge in [-0.3, -0.25) is 9.48 Å². The number of carbonyl (C=O) groups excluding carboxylic acids is 1. The zero-order valence-electron chi connectivity index (χ0n) is 17.6. The molecule has 1 amide bonds. The second-order valence-electron chi connectivity index (χ2n) is 8.07. The molecule has 1 saturated heterocycles. The number of hydrogen-bond donors (Lipinski definition) is 2. The Hall–Kier alpha value is -2.15. The lowest BCUT2D eigenvalue weighted by Gasteiger charge is -2.34. The van der Waals surface area contributed by atoms with Crippen molar-refractivity contribution < 1.29 is 4.79 Å². The minimum Gasteiger partial charge on any atom is -0.351 e. The average molecular weight is 450 g/mol. The first-order valence-electron chi connectivity index (χ1n) is 9.86. The number of nitrogens with zero attached hydrogens (tertiary/aromatic N) is 3. The molecule has 4 rings (SSSR count). The van der Waals surface area contributed by atoms with E-state index in [4.69, 9.17) is 4.98 Å². The summed E-state index contributed by atoms with van der Waals surface area (Å²) in [5, 5.41) is 11.9. The third-order valence-corrected chi connectivity index (χ3v) is 5.77. The lowest BCUT2D eigenvalue weighted by Crippen LogP contribution is -2.42. The van der Waals surface area contributed by atoms with Gasteiger partial charge in [0.2, 0.25) is 0 Å². The van der Waals surface area contributed by atoms with Crippen molar-refractivity contribution in [1.29, 1.82) is 0 Å². The van der Waals surface area contributed by atoms with Crippen LogP contribution in [-0.2, 0) is 7.05 Å². The second-order valence-corrected chi connectivity index (χ2v) is 8.07. The molecule has 2 aromatic heterocycles. The lowest BCUT2D eigenvalue weighted by atomic mass is 9.81. The van der Waals surface area contributed by atoms with E-state index in [2.05, 4.69) is 22.7 Å². The van der Waals surface area contributed by atoms with Crippen LogP contribution in [-0.4, -0.2) is 40.3 Å². The van der Waals surface area contributed by atoms with Gasteiger partial charge in [-0.05, 0) is 44.3 Å². The smallest absolute Gasteiger partial charge is 0.252 e. The molecule has 2 N–H and O–H groups in total. The first-order valence-corrected chi connectivity index (χ1v) is 9.86. The molecule has 6 nitrogen and oxygen atoms in total. The van der Waals surface area contributed by atoms with Gasteiger partial charge in [-0.25, -0.2) is 4.98 Å². The highest BCUT2D eigenvalue weighted by Crippen LogP contribution is 2.29. The molecule has 0 aliphatic carbocycles. The van der Waals surface area contributed by atoms with E-state index in [0.29, 0.717) is 12.1 Å². The molecule has 3 aromatic rings. The molecule has 30 heavy (non-hydrogen) atoms. The molecule has 1 fully saturated rings. The standard InChI is InChI=1S/C22H27N5O.2ClH/c1-15-19-17(21(28)24-14-22(2)9-11-23-12-10-22)13-18(16-7-5-4-6-8-16)25-20(19)27(3)26-15;;/h4-8,13,23H,9-12,14H2,1-3H3,(H,24,28);2*1H. The van der Waals surface area contributed by atoms with E-state index < -0.39 is 0 Å². The van der Waals surface area contributed by atoms with Crippen LogP contribution in [0, 0.1) is 12.3 Å². The van der Waals surface area contributed by atoms with Gasteiger partial charge in [0.1, 0.15) is 0 Å². The zero-order valence-corrected chi connectivity index (χ0v) is 19.2. The summed E-state index contributed by atoms with van der Waals surface area (Å²) in [4.78, 5) is 18.0. The van der Waals surface area contributed by atoms with E-state index in [1.54, 1.807) is 4.68 Å². The number of aryl methyl sites for hydroxylation is 2. The first kappa shape index (κ1) is 24.1. The Morgan fingerprint density at radius 3 is 2.53 bits per heavy atom. The summed E-state index contributed by atoms with van der Waals surface area (Å²) >= 11 is 0. The average Bonchev–Trinajstić information content (AvgIpc) is 3.00. The number of hydrogen-bond acceptors (Lipinski definition) is 4. The number of nitrogens with one attached hydrogen (secondary N) is 2. The van der Waals surface area contributed by atoms with Crippen LogP contribution in [0.4, 0.5) is 0 Å². The summed E-state index contributed by atoms with van der Waals surface area (Å²) in [5.41, 5.74) is 4.11. The quantitative estimate of drug-likeness (QED) is 0.633. The molecule has 0 unspecified atom stereocenters. The van der Waals surface area contributed by atoms with Crippen LogP contribution in [0.2, 0.25) is 0 Å². The molecule has 1 aliphatic rings. The SMILES string of the molecule is Cc1nn(C)c2nc(-c3ccccc3)cc(C(=O)NCC3(C)CCNCC3)c12.Cl.Cl. The number of aromatic nitrogens is 3. The highest BCUT2D eigenvalue weighted by atomic mass is 35.5. The van der Waals surface area contributed by atoms with E-state index >= 15 is 0 Å². The lowest BCUT2D eigenvalue weighted by molar-refractivity contribution is 0.0924. The molecule has 1 aliphatic heterocycles. The van der Waals surface area contributed by atoms with Crippen molar-refractivity contribution in [1.82, 2.24) is 25.4 Å². The van der Waals surface area contributed by atoms with Crippen LogP contribution in [0.25, 0.3) is 22.3 Å². The molecule has 3 heterocycles. The minimum absolute atomic E-state index is 0. The Balaban J connectivity index is 0.00000160. The van der Waals surface area contributed by atoms with Crippen molar-refractivity contribution in [3.8, 4) is 11.3 Å². The Labute approximate surface area is 189 Å². The number of piperidine rings is 1. The Bertz CT molecular complexity index is 1010. The summed E-state index contributed by atoms with van der Waals surface area (Å²) in [5.74, 6) is -0.0551. The molecule has 8 heteroatoms. The van der Waals surface area contributed by atoms with Crippen LogP contribution >= 0.6 is 24.8 Å². The summed E-state index contributed by atoms with van der Waals surface area (Å²) in [6, 6.07) is 11.8. The molecule has 0 spiro atoms. The van der Waals surface area contributed by atoms with Crippen LogP contribution in [0.5, 0.6) is 0 Å². The van der Waals surface area contributed by atoms with Gasteiger partial charge in [-0.2, -0.15) is 5.10 Å². The maximum Gasteiger partial charge on any atom is 0.252 e. The van der Waals surface area contributed by atoms with Gasteiger partial charge in [0.25, 0.3) is 5.91 Å². The Morgan fingerprint density at radius 2 is 1.87 bits per heavy atom. The zero-order chi connectivity index (χ0) is 19.7. The van der Waals surface area contributed by atoms with E-state index in [9.17, 15) is 4.79 Å². The number of fused-ring (bicyclic) bond motifs is 1. The number of benzene rings is 1. The molecular weight excluding hydrogens is 421 g/mol. The maximum atomic E-state index is 13.2. The fourth-order valence-corrected chi connectivity index (χ4v) is 3.98. The number of pyridine rings is 1. The predicted octanol–water partition coefficient (Wildman–Crippen LogP) is 3.91. The molecular formula is C22H29Cl2N5O. The molecule has 1 aromatic carbocycles. The van der Waals surface area contributed by atoms with Gasteiger partial charge in [0, 0.05) is 19.2 Å². The summed E-state index contributed by atoms with van der Waals surface area (Å²) in [6.45, 7) is 6.87. The summed E-state index contributed by atoms with van der Waals surface area (Å²) < 4.78 is 1.75. The fraction of sp³-hybridized carbons (Fsp3) is 0.409. The minimum atomic E-state index is -0.0551. The van der Waals surface area contributed by atoms with Crippen LogP contribution < -0.4 is 10.6 Å². The van der Waals surface area contributed by atoms with Gasteiger partial charge >= 0.3 is 0 Å². The number of carbonyl (C=O) groups is 1. The van der Waals surface area contributed by atoms with Gasteiger partial charge in [0.15, 0.2) is 5.65 Å². The van der Waals surface area contributed by atoms with E-state index in [1.165, 1.54) is 0 Å². The van der Waals surface area contributed by atoms with Crippen molar-refractivity contribution in [2.45, 2.75) is 26.7 Å². The number of rotatable bonds is 4. The van der Waals surface area contributed by atoms with Gasteiger partial charge in [0.05, 0.1) is 22.3 Å². The Morgan fingerprint density at radius 1 is 1.20 bits per heavy atom. The number of halogens is 2. The highest BCUT2D eigenvalue weighted by molar-refractivity contribution is 6.07. The largest absolute Gasteiger partial charge is 0.351 e. The van der Waals surface area contributed by atoms with Crippen molar-refractivity contribution in [3.63, 3.8) is 0 Å². The third-order valence-electron chi connectivity index (χ3n) is 5.77. The monoisotopic (exact) mass is 449 g/mol. The van der Waals surface area contributed by atoms with E-state index in [1.807, 2.05) is 50.4 Å². The maximum absolute atomic E-state index is 13.2. The molecule has 0 bridgehead atoms. The summed E-state index contributed by atoms with van der Waals surface area (Å²) in [7, 11) is 1.87. The van der Waals surface area contributed by atoms with Crippen LogP contribution in [0.3, 0.4) is 0 Å². The van der Waals surface area contributed by atoms with Gasteiger partial charge < -0.3 is 10.6 Å². The van der Waals surface area contributed by atoms with Crippen molar-refractivity contribution in [3.05, 3.63) is 47.7 Å². The summed E-state index contributed by atoms with van der Waals surface area (Å²) in [6.07, 6.45) is 2.14.